The van der Waals surface area contributed by atoms with E-state index in [-0.39, 0.29) is 6.10 Å². The van der Waals surface area contributed by atoms with Crippen LogP contribution in [0, 0.1) is 0 Å². The quantitative estimate of drug-likeness (QED) is 0.748. The third-order valence-electron chi connectivity index (χ3n) is 3.76. The van der Waals surface area contributed by atoms with E-state index in [4.69, 9.17) is 9.72 Å². The molecule has 116 valence electrons. The van der Waals surface area contributed by atoms with Gasteiger partial charge in [-0.05, 0) is 31.9 Å². The monoisotopic (exact) mass is 298 g/mol. The highest BCUT2D eigenvalue weighted by Crippen LogP contribution is 2.30. The minimum Gasteiger partial charge on any atom is -0.490 e. The van der Waals surface area contributed by atoms with E-state index >= 15 is 0 Å². The summed E-state index contributed by atoms with van der Waals surface area (Å²) in [6.07, 6.45) is 4.02. The number of H-pyrrole nitrogens is 1. The normalized spacial score (nSPS) is 12.7. The Morgan fingerprint density at radius 2 is 2.09 bits per heavy atom. The van der Waals surface area contributed by atoms with E-state index in [9.17, 15) is 0 Å². The Kier molecular flexibility index (Phi) is 4.13. The second-order valence-electron chi connectivity index (χ2n) is 5.52. The number of ether oxygens (including phenoxy) is 1. The second-order valence-corrected chi connectivity index (χ2v) is 5.52. The highest BCUT2D eigenvalue weighted by Gasteiger charge is 2.14. The molecule has 0 saturated carbocycles. The number of nitrogens with zero attached hydrogens (tertiary/aromatic N) is 3. The van der Waals surface area contributed by atoms with Gasteiger partial charge in [-0.2, -0.15) is 5.10 Å². The molecule has 0 amide bonds. The van der Waals surface area contributed by atoms with E-state index in [1.807, 2.05) is 35.1 Å². The van der Waals surface area contributed by atoms with Crippen LogP contribution in [0.2, 0.25) is 0 Å². The summed E-state index contributed by atoms with van der Waals surface area (Å²) in [5.41, 5.74) is 2.85. The number of aromatic amines is 1. The zero-order valence-electron chi connectivity index (χ0n) is 13.3. The lowest BCUT2D eigenvalue weighted by atomic mass is 10.2. The maximum atomic E-state index is 6.02. The minimum absolute atomic E-state index is 0.182. The average Bonchev–Trinajstić information content (AvgIpc) is 3.10. The van der Waals surface area contributed by atoms with Gasteiger partial charge in [-0.15, -0.1) is 0 Å². The van der Waals surface area contributed by atoms with Gasteiger partial charge in [0.2, 0.25) is 0 Å². The third-order valence-corrected chi connectivity index (χ3v) is 3.76. The lowest BCUT2D eigenvalue weighted by Crippen LogP contribution is -2.10. The summed E-state index contributed by atoms with van der Waals surface area (Å²) in [6.45, 7) is 7.21. The first kappa shape index (κ1) is 14.6. The van der Waals surface area contributed by atoms with Crippen LogP contribution in [0.3, 0.4) is 0 Å². The van der Waals surface area contributed by atoms with Gasteiger partial charge in [0.25, 0.3) is 0 Å². The standard InChI is InChI=1S/C17H22N4O/c1-4-10-21-17-14(11-18-21)19-16(20-17)13-8-6-7-9-15(13)22-12(3)5-2/h6-9,11-12H,4-5,10H2,1-3H3,(H,19,20)/t12-/m1/s1. The number of benzene rings is 1. The van der Waals surface area contributed by atoms with Crippen molar-refractivity contribution in [2.75, 3.05) is 0 Å². The number of rotatable bonds is 6. The third kappa shape index (κ3) is 2.71. The first-order chi connectivity index (χ1) is 10.7. The molecular weight excluding hydrogens is 276 g/mol. The summed E-state index contributed by atoms with van der Waals surface area (Å²) < 4.78 is 7.95. The number of fused-ring (bicyclic) bond motifs is 1. The first-order valence-corrected chi connectivity index (χ1v) is 7.90. The highest BCUT2D eigenvalue weighted by atomic mass is 16.5. The van der Waals surface area contributed by atoms with E-state index in [2.05, 4.69) is 30.9 Å². The molecule has 5 heteroatoms. The van der Waals surface area contributed by atoms with Crippen LogP contribution in [0.1, 0.15) is 33.6 Å². The van der Waals surface area contributed by atoms with E-state index in [1.54, 1.807) is 0 Å². The van der Waals surface area contributed by atoms with Gasteiger partial charge in [-0.3, -0.25) is 0 Å². The number of aryl methyl sites for hydroxylation is 1. The van der Waals surface area contributed by atoms with Crippen LogP contribution in [0.4, 0.5) is 0 Å². The van der Waals surface area contributed by atoms with E-state index in [0.29, 0.717) is 0 Å². The number of para-hydroxylation sites is 1. The van der Waals surface area contributed by atoms with E-state index in [0.717, 1.165) is 47.7 Å². The molecule has 5 nitrogen and oxygen atoms in total. The van der Waals surface area contributed by atoms with Gasteiger partial charge < -0.3 is 9.72 Å². The fourth-order valence-electron chi connectivity index (χ4n) is 2.41. The predicted molar refractivity (Wildman–Crippen MR) is 88.0 cm³/mol. The average molecular weight is 298 g/mol. The Morgan fingerprint density at radius 3 is 2.86 bits per heavy atom. The molecule has 1 N–H and O–H groups in total. The van der Waals surface area contributed by atoms with Gasteiger partial charge in [-0.25, -0.2) is 9.67 Å². The van der Waals surface area contributed by atoms with Crippen LogP contribution in [0.15, 0.2) is 30.5 Å². The smallest absolute Gasteiger partial charge is 0.176 e. The molecule has 0 radical (unpaired) electrons. The van der Waals surface area contributed by atoms with Crippen molar-refractivity contribution >= 4 is 11.2 Å². The van der Waals surface area contributed by atoms with Crippen LogP contribution in [-0.4, -0.2) is 25.9 Å². The summed E-state index contributed by atoms with van der Waals surface area (Å²) in [7, 11) is 0. The van der Waals surface area contributed by atoms with Gasteiger partial charge in [0.1, 0.15) is 17.1 Å². The summed E-state index contributed by atoms with van der Waals surface area (Å²) in [5, 5.41) is 4.36. The fourth-order valence-corrected chi connectivity index (χ4v) is 2.41. The maximum Gasteiger partial charge on any atom is 0.176 e. The molecule has 0 aliphatic heterocycles. The lowest BCUT2D eigenvalue weighted by molar-refractivity contribution is 0.218. The Balaban J connectivity index is 2.00. The maximum absolute atomic E-state index is 6.02. The SMILES string of the molecule is CCCn1ncc2[nH]c(-c3ccccc3O[C@H](C)CC)nc21. The molecule has 3 aromatic rings. The number of hydrogen-bond donors (Lipinski definition) is 1. The van der Waals surface area contributed by atoms with E-state index < -0.39 is 0 Å². The van der Waals surface area contributed by atoms with Crippen LogP contribution < -0.4 is 4.74 Å². The molecule has 1 aromatic carbocycles. The molecule has 0 aliphatic carbocycles. The van der Waals surface area contributed by atoms with Gasteiger partial charge in [0.15, 0.2) is 5.65 Å². The van der Waals surface area contributed by atoms with E-state index in [1.165, 1.54) is 0 Å². The van der Waals surface area contributed by atoms with Crippen LogP contribution in [0.5, 0.6) is 5.75 Å². The van der Waals surface area contributed by atoms with Gasteiger partial charge >= 0.3 is 0 Å². The van der Waals surface area contributed by atoms with Crippen LogP contribution in [-0.2, 0) is 6.54 Å². The zero-order chi connectivity index (χ0) is 15.5. The predicted octanol–water partition coefficient (Wildman–Crippen LogP) is 4.01. The van der Waals surface area contributed by atoms with Crippen molar-refractivity contribution in [3.05, 3.63) is 30.5 Å². The number of hydrogen-bond acceptors (Lipinski definition) is 3. The summed E-state index contributed by atoms with van der Waals surface area (Å²) in [6, 6.07) is 8.02. The molecule has 0 fully saturated rings. The highest BCUT2D eigenvalue weighted by molar-refractivity contribution is 5.77. The number of imidazole rings is 1. The van der Waals surface area contributed by atoms with Crippen molar-refractivity contribution in [2.45, 2.75) is 46.3 Å². The molecule has 0 unspecified atom stereocenters. The van der Waals surface area contributed by atoms with Gasteiger partial charge in [0, 0.05) is 6.54 Å². The molecule has 0 spiro atoms. The molecule has 1 atom stereocenters. The van der Waals surface area contributed by atoms with Crippen molar-refractivity contribution in [2.24, 2.45) is 0 Å². The van der Waals surface area contributed by atoms with Crippen molar-refractivity contribution in [1.82, 2.24) is 19.7 Å². The Bertz CT molecular complexity index is 759. The summed E-state index contributed by atoms with van der Waals surface area (Å²) in [5.74, 6) is 1.69. The molecule has 2 aromatic heterocycles. The fraction of sp³-hybridized carbons (Fsp3) is 0.412. The minimum atomic E-state index is 0.182. The Hall–Kier alpha value is -2.30. The second kappa shape index (κ2) is 6.22. The number of nitrogens with one attached hydrogen (secondary N) is 1. The van der Waals surface area contributed by atoms with Crippen molar-refractivity contribution < 1.29 is 4.74 Å². The first-order valence-electron chi connectivity index (χ1n) is 7.90. The van der Waals surface area contributed by atoms with Gasteiger partial charge in [0.05, 0.1) is 17.9 Å². The Labute approximate surface area is 130 Å². The molecule has 22 heavy (non-hydrogen) atoms. The topological polar surface area (TPSA) is 55.7 Å². The summed E-state index contributed by atoms with van der Waals surface area (Å²) in [4.78, 5) is 8.07. The van der Waals surface area contributed by atoms with Gasteiger partial charge in [-0.1, -0.05) is 26.0 Å². The van der Waals surface area contributed by atoms with Crippen LogP contribution in [0.25, 0.3) is 22.6 Å². The molecule has 3 rings (SSSR count). The largest absolute Gasteiger partial charge is 0.490 e. The van der Waals surface area contributed by atoms with Crippen molar-refractivity contribution in [3.63, 3.8) is 0 Å². The molecule has 2 heterocycles. The number of aromatic nitrogens is 4. The summed E-state index contributed by atoms with van der Waals surface area (Å²) >= 11 is 0. The van der Waals surface area contributed by atoms with Crippen molar-refractivity contribution in [1.29, 1.82) is 0 Å². The zero-order valence-corrected chi connectivity index (χ0v) is 13.3. The Morgan fingerprint density at radius 1 is 1.27 bits per heavy atom. The van der Waals surface area contributed by atoms with Crippen LogP contribution >= 0.6 is 0 Å². The molecular formula is C17H22N4O. The molecule has 0 aliphatic rings. The molecule has 0 bridgehead atoms. The van der Waals surface area contributed by atoms with Crippen molar-refractivity contribution in [3.8, 4) is 17.1 Å². The molecule has 0 saturated heterocycles. The lowest BCUT2D eigenvalue weighted by Gasteiger charge is -2.15.